The van der Waals surface area contributed by atoms with Crippen LogP contribution in [0, 0.1) is 0 Å². The van der Waals surface area contributed by atoms with Gasteiger partial charge in [-0.3, -0.25) is 9.59 Å². The second-order valence-electron chi connectivity index (χ2n) is 11.0. The molecule has 0 amide bonds. The first-order valence-electron chi connectivity index (χ1n) is 16.0. The summed E-state index contributed by atoms with van der Waals surface area (Å²) in [5.74, 6) is -0.780. The van der Waals surface area contributed by atoms with Crippen molar-refractivity contribution in [1.82, 2.24) is 0 Å². The van der Waals surface area contributed by atoms with Crippen molar-refractivity contribution in [3.8, 4) is 0 Å². The summed E-state index contributed by atoms with van der Waals surface area (Å²) >= 11 is 0. The lowest BCUT2D eigenvalue weighted by molar-refractivity contribution is -0.150. The highest BCUT2D eigenvalue weighted by molar-refractivity contribution is 5.69. The molecule has 0 aromatic heterocycles. The van der Waals surface area contributed by atoms with Crippen LogP contribution in [-0.4, -0.2) is 23.1 Å². The van der Waals surface area contributed by atoms with E-state index in [0.717, 1.165) is 44.9 Å². The number of hydrogen-bond donors (Lipinski definition) is 1. The maximum absolute atomic E-state index is 12.2. The van der Waals surface area contributed by atoms with Gasteiger partial charge < -0.3 is 9.84 Å². The van der Waals surface area contributed by atoms with Crippen LogP contribution in [0.3, 0.4) is 0 Å². The van der Waals surface area contributed by atoms with Gasteiger partial charge in [-0.15, -0.1) is 0 Å². The van der Waals surface area contributed by atoms with E-state index in [1.807, 2.05) is 0 Å². The molecule has 1 atom stereocenters. The topological polar surface area (TPSA) is 63.6 Å². The third-order valence-corrected chi connectivity index (χ3v) is 7.31. The Morgan fingerprint density at radius 2 is 0.889 bits per heavy atom. The highest BCUT2D eigenvalue weighted by Crippen LogP contribution is 2.17. The highest BCUT2D eigenvalue weighted by atomic mass is 16.5. The fourth-order valence-electron chi connectivity index (χ4n) is 5.00. The molecule has 0 aliphatic heterocycles. The molecule has 0 aromatic carbocycles. The summed E-state index contributed by atoms with van der Waals surface area (Å²) in [6.07, 6.45) is 31.9. The Labute approximate surface area is 224 Å². The molecule has 0 radical (unpaired) electrons. The molecule has 1 N–H and O–H groups in total. The van der Waals surface area contributed by atoms with Gasteiger partial charge in [0.05, 0.1) is 0 Å². The molecule has 0 bridgehead atoms. The van der Waals surface area contributed by atoms with Gasteiger partial charge in [0.1, 0.15) is 6.10 Å². The quantitative estimate of drug-likeness (QED) is 0.0802. The summed E-state index contributed by atoms with van der Waals surface area (Å²) in [6, 6.07) is 0. The molecule has 0 aromatic rings. The zero-order valence-corrected chi connectivity index (χ0v) is 24.3. The maximum atomic E-state index is 12.2. The molecular weight excluding hydrogens is 448 g/mol. The lowest BCUT2D eigenvalue weighted by atomic mass is 10.0. The van der Waals surface area contributed by atoms with E-state index < -0.39 is 5.97 Å². The molecule has 0 fully saturated rings. The van der Waals surface area contributed by atoms with Crippen molar-refractivity contribution in [2.45, 2.75) is 193 Å². The number of carbonyl (C=O) groups is 2. The van der Waals surface area contributed by atoms with Gasteiger partial charge in [-0.05, 0) is 32.1 Å². The monoisotopic (exact) mass is 510 g/mol. The largest absolute Gasteiger partial charge is 0.481 e. The highest BCUT2D eigenvalue weighted by Gasteiger charge is 2.13. The molecule has 1 unspecified atom stereocenters. The summed E-state index contributed by atoms with van der Waals surface area (Å²) in [5.41, 5.74) is 0. The van der Waals surface area contributed by atoms with Crippen LogP contribution >= 0.6 is 0 Å². The van der Waals surface area contributed by atoms with Gasteiger partial charge in [-0.25, -0.2) is 0 Å². The zero-order valence-electron chi connectivity index (χ0n) is 24.3. The van der Waals surface area contributed by atoms with E-state index in [9.17, 15) is 9.59 Å². The van der Waals surface area contributed by atoms with E-state index in [4.69, 9.17) is 9.84 Å². The Morgan fingerprint density at radius 1 is 0.500 bits per heavy atom. The minimum Gasteiger partial charge on any atom is -0.481 e. The van der Waals surface area contributed by atoms with Crippen molar-refractivity contribution in [2.75, 3.05) is 0 Å². The Bertz CT molecular complexity index is 477. The van der Waals surface area contributed by atoms with Crippen LogP contribution in [0.4, 0.5) is 0 Å². The average molecular weight is 511 g/mol. The molecule has 4 heteroatoms. The SMILES string of the molecule is CCCCCCCCCCCCCCCCCCCCCC(=O)OC(CCC)CCCCCC(=O)O. The second kappa shape index (κ2) is 28.5. The lowest BCUT2D eigenvalue weighted by Crippen LogP contribution is -2.18. The molecule has 0 saturated carbocycles. The molecule has 214 valence electrons. The number of aliphatic carboxylic acids is 1. The van der Waals surface area contributed by atoms with Crippen molar-refractivity contribution < 1.29 is 19.4 Å². The van der Waals surface area contributed by atoms with Crippen molar-refractivity contribution in [3.63, 3.8) is 0 Å². The van der Waals surface area contributed by atoms with Gasteiger partial charge in [0.25, 0.3) is 0 Å². The van der Waals surface area contributed by atoms with Gasteiger partial charge in [0.15, 0.2) is 0 Å². The van der Waals surface area contributed by atoms with Crippen LogP contribution in [-0.2, 0) is 14.3 Å². The number of carboxylic acid groups (broad SMARTS) is 1. The first kappa shape index (κ1) is 34.9. The first-order chi connectivity index (χ1) is 17.6. The fourth-order valence-corrected chi connectivity index (χ4v) is 5.00. The third kappa shape index (κ3) is 27.5. The van der Waals surface area contributed by atoms with Gasteiger partial charge in [-0.1, -0.05) is 142 Å². The van der Waals surface area contributed by atoms with E-state index in [2.05, 4.69) is 13.8 Å². The minimum absolute atomic E-state index is 0.00708. The number of carbonyl (C=O) groups excluding carboxylic acids is 1. The standard InChI is InChI=1S/C32H62O4/c1-3-5-6-7-8-9-10-11-12-13-14-15-16-17-18-19-20-21-25-29-32(35)36-30(26-4-2)27-23-22-24-28-31(33)34/h30H,3-29H2,1-2H3,(H,33,34). The molecule has 0 rings (SSSR count). The third-order valence-electron chi connectivity index (χ3n) is 7.31. The van der Waals surface area contributed by atoms with E-state index >= 15 is 0 Å². The number of hydrogen-bond acceptors (Lipinski definition) is 3. The average Bonchev–Trinajstić information content (AvgIpc) is 2.85. The van der Waals surface area contributed by atoms with Crippen LogP contribution in [0.1, 0.15) is 187 Å². The van der Waals surface area contributed by atoms with Crippen LogP contribution in [0.25, 0.3) is 0 Å². The number of carboxylic acids is 1. The second-order valence-corrected chi connectivity index (χ2v) is 11.0. The van der Waals surface area contributed by atoms with Crippen LogP contribution in [0.15, 0.2) is 0 Å². The predicted octanol–water partition coefficient (Wildman–Crippen LogP) is 10.6. The zero-order chi connectivity index (χ0) is 26.5. The maximum Gasteiger partial charge on any atom is 0.306 e. The Morgan fingerprint density at radius 3 is 1.31 bits per heavy atom. The smallest absolute Gasteiger partial charge is 0.306 e. The number of esters is 1. The number of ether oxygens (including phenoxy) is 1. The lowest BCUT2D eigenvalue weighted by Gasteiger charge is -2.17. The number of rotatable bonds is 29. The van der Waals surface area contributed by atoms with E-state index in [1.54, 1.807) is 0 Å². The Hall–Kier alpha value is -1.06. The molecule has 36 heavy (non-hydrogen) atoms. The summed E-state index contributed by atoms with van der Waals surface area (Å²) in [6.45, 7) is 4.40. The Balaban J connectivity index is 3.41. The molecule has 4 nitrogen and oxygen atoms in total. The van der Waals surface area contributed by atoms with Crippen molar-refractivity contribution in [1.29, 1.82) is 0 Å². The van der Waals surface area contributed by atoms with E-state index in [0.29, 0.717) is 12.8 Å². The van der Waals surface area contributed by atoms with Gasteiger partial charge >= 0.3 is 11.9 Å². The van der Waals surface area contributed by atoms with E-state index in [-0.39, 0.29) is 18.5 Å². The molecular formula is C32H62O4. The van der Waals surface area contributed by atoms with Gasteiger partial charge in [0.2, 0.25) is 0 Å². The molecule has 0 saturated heterocycles. The Kier molecular flexibility index (Phi) is 27.7. The fraction of sp³-hybridized carbons (Fsp3) is 0.938. The summed E-state index contributed by atoms with van der Waals surface area (Å²) in [4.78, 5) is 22.8. The summed E-state index contributed by atoms with van der Waals surface area (Å²) in [7, 11) is 0. The summed E-state index contributed by atoms with van der Waals surface area (Å²) in [5, 5.41) is 8.71. The molecule has 0 heterocycles. The molecule has 0 aliphatic rings. The minimum atomic E-state index is -0.730. The first-order valence-corrected chi connectivity index (χ1v) is 16.0. The van der Waals surface area contributed by atoms with Gasteiger partial charge in [0, 0.05) is 12.8 Å². The van der Waals surface area contributed by atoms with Crippen LogP contribution in [0.2, 0.25) is 0 Å². The summed E-state index contributed by atoms with van der Waals surface area (Å²) < 4.78 is 5.70. The predicted molar refractivity (Wildman–Crippen MR) is 154 cm³/mol. The molecule has 0 aliphatic carbocycles. The normalized spacial score (nSPS) is 12.1. The van der Waals surface area contributed by atoms with Crippen molar-refractivity contribution in [3.05, 3.63) is 0 Å². The van der Waals surface area contributed by atoms with E-state index in [1.165, 1.54) is 109 Å². The van der Waals surface area contributed by atoms with Crippen LogP contribution in [0.5, 0.6) is 0 Å². The van der Waals surface area contributed by atoms with Crippen molar-refractivity contribution >= 4 is 11.9 Å². The van der Waals surface area contributed by atoms with Gasteiger partial charge in [-0.2, -0.15) is 0 Å². The van der Waals surface area contributed by atoms with Crippen molar-refractivity contribution in [2.24, 2.45) is 0 Å². The van der Waals surface area contributed by atoms with Crippen LogP contribution < -0.4 is 0 Å². The molecule has 0 spiro atoms. The number of unbranched alkanes of at least 4 members (excludes halogenated alkanes) is 20.